The normalized spacial score (nSPS) is 11.6. The predicted octanol–water partition coefficient (Wildman–Crippen LogP) is 4.01. The van der Waals surface area contributed by atoms with Crippen molar-refractivity contribution < 1.29 is 4.79 Å². The summed E-state index contributed by atoms with van der Waals surface area (Å²) in [6.07, 6.45) is 1.70. The molecule has 1 amide bonds. The predicted molar refractivity (Wildman–Crippen MR) is 107 cm³/mol. The third-order valence-electron chi connectivity index (χ3n) is 4.54. The largest absolute Gasteiger partial charge is 0.305 e. The Hall–Kier alpha value is -2.89. The van der Waals surface area contributed by atoms with E-state index in [1.165, 1.54) is 5.56 Å². The third kappa shape index (κ3) is 4.27. The number of nitrogens with one attached hydrogen (secondary N) is 1. The maximum absolute atomic E-state index is 12.7. The minimum atomic E-state index is -0.178. The molecule has 1 N–H and O–H groups in total. The third-order valence-corrected chi connectivity index (χ3v) is 4.54. The molecule has 0 spiro atoms. The molecule has 0 unspecified atom stereocenters. The van der Waals surface area contributed by atoms with Gasteiger partial charge in [-0.1, -0.05) is 45.0 Å². The fourth-order valence-corrected chi connectivity index (χ4v) is 3.00. The summed E-state index contributed by atoms with van der Waals surface area (Å²) < 4.78 is 3.50. The lowest BCUT2D eigenvalue weighted by atomic mass is 9.87. The molecule has 2 heterocycles. The number of carbonyl (C=O) groups excluding carboxylic acids is 1. The van der Waals surface area contributed by atoms with Crippen molar-refractivity contribution in [1.82, 2.24) is 19.6 Å². The first-order valence-electron chi connectivity index (χ1n) is 9.25. The van der Waals surface area contributed by atoms with Crippen LogP contribution in [0, 0.1) is 6.92 Å². The first kappa shape index (κ1) is 18.9. The fraction of sp³-hybridized carbons (Fsp3) is 0.381. The Morgan fingerprint density at radius 2 is 1.81 bits per heavy atom. The van der Waals surface area contributed by atoms with E-state index in [9.17, 15) is 4.79 Å². The molecule has 6 nitrogen and oxygen atoms in total. The van der Waals surface area contributed by atoms with Gasteiger partial charge in [0.2, 0.25) is 0 Å². The number of hydrogen-bond acceptors (Lipinski definition) is 3. The van der Waals surface area contributed by atoms with Crippen molar-refractivity contribution in [3.05, 3.63) is 65.1 Å². The van der Waals surface area contributed by atoms with Crippen LogP contribution in [0.1, 0.15) is 55.0 Å². The Morgan fingerprint density at radius 1 is 1.11 bits per heavy atom. The Balaban J connectivity index is 1.75. The van der Waals surface area contributed by atoms with Gasteiger partial charge in [0.1, 0.15) is 11.5 Å². The van der Waals surface area contributed by atoms with Crippen LogP contribution in [0.4, 0.5) is 5.82 Å². The lowest BCUT2D eigenvalue weighted by molar-refractivity contribution is 0.101. The van der Waals surface area contributed by atoms with E-state index in [2.05, 4.69) is 60.6 Å². The summed E-state index contributed by atoms with van der Waals surface area (Å²) in [5.41, 5.74) is 3.94. The summed E-state index contributed by atoms with van der Waals surface area (Å²) in [5, 5.41) is 11.6. The number of aromatic nitrogens is 4. The first-order chi connectivity index (χ1) is 12.8. The van der Waals surface area contributed by atoms with E-state index < -0.39 is 0 Å². The number of carbonyl (C=O) groups is 1. The van der Waals surface area contributed by atoms with E-state index in [-0.39, 0.29) is 11.3 Å². The van der Waals surface area contributed by atoms with E-state index >= 15 is 0 Å². The average molecular weight is 365 g/mol. The van der Waals surface area contributed by atoms with Crippen molar-refractivity contribution in [2.45, 2.75) is 53.1 Å². The van der Waals surface area contributed by atoms with Crippen LogP contribution in [0.3, 0.4) is 0 Å². The standard InChI is InChI=1S/C21H27N5O/c1-6-25-18(13-15(2)24-25)20(27)23-19-11-12-22-26(19)14-16-7-9-17(10-8-16)21(3,4)5/h7-13H,6,14H2,1-5H3,(H,23,27). The molecule has 0 saturated heterocycles. The van der Waals surface area contributed by atoms with Gasteiger partial charge in [-0.15, -0.1) is 0 Å². The molecule has 142 valence electrons. The zero-order chi connectivity index (χ0) is 19.6. The molecule has 0 fully saturated rings. The monoisotopic (exact) mass is 365 g/mol. The van der Waals surface area contributed by atoms with Gasteiger partial charge in [-0.05, 0) is 36.5 Å². The SMILES string of the molecule is CCn1nc(C)cc1C(=O)Nc1ccnn1Cc1ccc(C(C)(C)C)cc1. The Bertz CT molecular complexity index is 928. The number of rotatable bonds is 5. The number of benzene rings is 1. The van der Waals surface area contributed by atoms with E-state index in [1.807, 2.05) is 13.8 Å². The second-order valence-electron chi connectivity index (χ2n) is 7.76. The molecule has 2 aromatic heterocycles. The van der Waals surface area contributed by atoms with Crippen LogP contribution in [0.25, 0.3) is 0 Å². The van der Waals surface area contributed by atoms with Crippen molar-refractivity contribution in [2.75, 3.05) is 5.32 Å². The van der Waals surface area contributed by atoms with Gasteiger partial charge in [-0.2, -0.15) is 10.2 Å². The van der Waals surface area contributed by atoms with Crippen molar-refractivity contribution in [3.8, 4) is 0 Å². The summed E-state index contributed by atoms with van der Waals surface area (Å²) in [6, 6.07) is 12.1. The molecule has 0 atom stereocenters. The summed E-state index contributed by atoms with van der Waals surface area (Å²) in [4.78, 5) is 12.7. The van der Waals surface area contributed by atoms with E-state index in [0.29, 0.717) is 24.6 Å². The molecule has 3 aromatic rings. The smallest absolute Gasteiger partial charge is 0.275 e. The molecule has 0 saturated carbocycles. The maximum Gasteiger partial charge on any atom is 0.275 e. The van der Waals surface area contributed by atoms with Gasteiger partial charge < -0.3 is 5.32 Å². The van der Waals surface area contributed by atoms with Gasteiger partial charge in [0.25, 0.3) is 5.91 Å². The molecule has 1 aromatic carbocycles. The second-order valence-corrected chi connectivity index (χ2v) is 7.76. The van der Waals surface area contributed by atoms with E-state index in [0.717, 1.165) is 11.3 Å². The number of aryl methyl sites for hydroxylation is 2. The fourth-order valence-electron chi connectivity index (χ4n) is 3.00. The number of anilines is 1. The highest BCUT2D eigenvalue weighted by atomic mass is 16.2. The molecule has 0 aliphatic heterocycles. The van der Waals surface area contributed by atoms with E-state index in [1.54, 1.807) is 27.7 Å². The molecular weight excluding hydrogens is 338 g/mol. The van der Waals surface area contributed by atoms with Crippen LogP contribution >= 0.6 is 0 Å². The van der Waals surface area contributed by atoms with Crippen molar-refractivity contribution in [1.29, 1.82) is 0 Å². The molecule has 27 heavy (non-hydrogen) atoms. The van der Waals surface area contributed by atoms with Crippen LogP contribution in [0.2, 0.25) is 0 Å². The summed E-state index contributed by atoms with van der Waals surface area (Å²) in [5.74, 6) is 0.490. The number of hydrogen-bond donors (Lipinski definition) is 1. The second kappa shape index (κ2) is 7.39. The summed E-state index contributed by atoms with van der Waals surface area (Å²) >= 11 is 0. The van der Waals surface area contributed by atoms with Gasteiger partial charge >= 0.3 is 0 Å². The van der Waals surface area contributed by atoms with Crippen molar-refractivity contribution in [2.24, 2.45) is 0 Å². The average Bonchev–Trinajstić information content (AvgIpc) is 3.20. The lowest BCUT2D eigenvalue weighted by Crippen LogP contribution is -2.20. The van der Waals surface area contributed by atoms with Crippen molar-refractivity contribution in [3.63, 3.8) is 0 Å². The van der Waals surface area contributed by atoms with Crippen LogP contribution in [0.5, 0.6) is 0 Å². The molecule has 6 heteroatoms. The molecule has 0 bridgehead atoms. The van der Waals surface area contributed by atoms with Gasteiger partial charge in [0.05, 0.1) is 18.4 Å². The number of nitrogens with zero attached hydrogens (tertiary/aromatic N) is 4. The summed E-state index contributed by atoms with van der Waals surface area (Å²) in [7, 11) is 0. The van der Waals surface area contributed by atoms with E-state index in [4.69, 9.17) is 0 Å². The molecule has 0 radical (unpaired) electrons. The van der Waals surface area contributed by atoms with Gasteiger partial charge in [-0.3, -0.25) is 9.48 Å². The maximum atomic E-state index is 12.7. The van der Waals surface area contributed by atoms with Crippen LogP contribution < -0.4 is 5.32 Å². The van der Waals surface area contributed by atoms with Gasteiger partial charge in [-0.25, -0.2) is 4.68 Å². The minimum Gasteiger partial charge on any atom is -0.305 e. The molecular formula is C21H27N5O. The minimum absolute atomic E-state index is 0.129. The molecule has 0 aliphatic carbocycles. The zero-order valence-corrected chi connectivity index (χ0v) is 16.7. The molecule has 0 aliphatic rings. The Labute approximate surface area is 160 Å². The quantitative estimate of drug-likeness (QED) is 0.743. The highest BCUT2D eigenvalue weighted by molar-refractivity contribution is 6.02. The van der Waals surface area contributed by atoms with Crippen LogP contribution in [0.15, 0.2) is 42.6 Å². The highest BCUT2D eigenvalue weighted by Crippen LogP contribution is 2.22. The Kier molecular flexibility index (Phi) is 5.17. The van der Waals surface area contributed by atoms with Crippen LogP contribution in [-0.2, 0) is 18.5 Å². The Morgan fingerprint density at radius 3 is 2.44 bits per heavy atom. The first-order valence-corrected chi connectivity index (χ1v) is 9.25. The number of amides is 1. The molecule has 3 rings (SSSR count). The lowest BCUT2D eigenvalue weighted by Gasteiger charge is -2.19. The van der Waals surface area contributed by atoms with Crippen molar-refractivity contribution >= 4 is 11.7 Å². The summed E-state index contributed by atoms with van der Waals surface area (Å²) in [6.45, 7) is 11.7. The van der Waals surface area contributed by atoms with Crippen LogP contribution in [-0.4, -0.2) is 25.5 Å². The zero-order valence-electron chi connectivity index (χ0n) is 16.7. The highest BCUT2D eigenvalue weighted by Gasteiger charge is 2.16. The van der Waals surface area contributed by atoms with Gasteiger partial charge in [0.15, 0.2) is 0 Å². The van der Waals surface area contributed by atoms with Gasteiger partial charge in [0, 0.05) is 12.6 Å². The topological polar surface area (TPSA) is 64.7 Å².